The molecule has 104 valence electrons. The van der Waals surface area contributed by atoms with Crippen molar-refractivity contribution in [1.29, 1.82) is 0 Å². The average Bonchev–Trinajstić information content (AvgIpc) is 2.47. The normalized spacial score (nSPS) is 14.0. The summed E-state index contributed by atoms with van der Waals surface area (Å²) in [6.45, 7) is 1.27. The zero-order valence-corrected chi connectivity index (χ0v) is 11.6. The minimum absolute atomic E-state index is 0.0905. The van der Waals surface area contributed by atoms with Crippen molar-refractivity contribution in [3.05, 3.63) is 45.2 Å². The molecule has 0 aliphatic carbocycles. The van der Waals surface area contributed by atoms with E-state index in [1.54, 1.807) is 12.3 Å². The summed E-state index contributed by atoms with van der Waals surface area (Å²) in [5.41, 5.74) is 2.33. The zero-order valence-electron chi connectivity index (χ0n) is 10.9. The van der Waals surface area contributed by atoms with E-state index in [0.717, 1.165) is 24.3 Å². The van der Waals surface area contributed by atoms with Crippen LogP contribution in [0.5, 0.6) is 5.88 Å². The lowest BCUT2D eigenvalue weighted by molar-refractivity contribution is 0.398. The van der Waals surface area contributed by atoms with Crippen molar-refractivity contribution in [3.8, 4) is 5.88 Å². The van der Waals surface area contributed by atoms with Crippen LogP contribution in [-0.2, 0) is 13.0 Å². The number of H-pyrrole nitrogens is 1. The summed E-state index contributed by atoms with van der Waals surface area (Å²) in [6.07, 6.45) is 3.87. The highest BCUT2D eigenvalue weighted by Crippen LogP contribution is 2.28. The van der Waals surface area contributed by atoms with Gasteiger partial charge >= 0.3 is 0 Å². The fourth-order valence-electron chi connectivity index (χ4n) is 2.31. The van der Waals surface area contributed by atoms with Crippen LogP contribution in [0.4, 0.5) is 5.69 Å². The number of nitrogens with one attached hydrogen (secondary N) is 1. The number of pyridine rings is 1. The Morgan fingerprint density at radius 1 is 1.45 bits per heavy atom. The zero-order chi connectivity index (χ0) is 14.1. The maximum absolute atomic E-state index is 11.8. The van der Waals surface area contributed by atoms with E-state index < -0.39 is 0 Å². The van der Waals surface area contributed by atoms with Gasteiger partial charge in [0.15, 0.2) is 0 Å². The molecule has 0 saturated carbocycles. The number of aromatic amines is 1. The van der Waals surface area contributed by atoms with E-state index in [-0.39, 0.29) is 5.56 Å². The lowest BCUT2D eigenvalue weighted by Gasteiger charge is -2.29. The first-order chi connectivity index (χ1) is 9.69. The number of rotatable bonds is 2. The molecule has 0 amide bonds. The predicted molar refractivity (Wildman–Crippen MR) is 75.4 cm³/mol. The number of anilines is 1. The number of halogens is 1. The van der Waals surface area contributed by atoms with Crippen LogP contribution < -0.4 is 15.2 Å². The first-order valence-corrected chi connectivity index (χ1v) is 6.56. The molecule has 0 radical (unpaired) electrons. The van der Waals surface area contributed by atoms with Crippen molar-refractivity contribution < 1.29 is 4.74 Å². The summed E-state index contributed by atoms with van der Waals surface area (Å²) in [7, 11) is 1.52. The number of fused-ring (bicyclic) bond motifs is 1. The number of ether oxygens (including phenoxy) is 1. The molecular weight excluding hydrogens is 280 g/mol. The lowest BCUT2D eigenvalue weighted by atomic mass is 10.1. The SMILES string of the molecule is COc1ncc(N2CCc3nc[nH]c(=O)c3C2)cc1Cl. The molecule has 2 aromatic heterocycles. The van der Waals surface area contributed by atoms with Crippen LogP contribution in [0, 0.1) is 0 Å². The molecule has 1 aliphatic rings. The topological polar surface area (TPSA) is 71.1 Å². The Morgan fingerprint density at radius 3 is 3.05 bits per heavy atom. The Hall–Kier alpha value is -2.08. The standard InChI is InChI=1S/C13H13ClN4O2/c1-20-13-10(14)4-8(5-15-13)18-3-2-11-9(6-18)12(19)17-7-16-11/h4-5,7H,2-3,6H2,1H3,(H,16,17,19). The Balaban J connectivity index is 1.92. The van der Waals surface area contributed by atoms with Gasteiger partial charge < -0.3 is 14.6 Å². The van der Waals surface area contributed by atoms with E-state index in [1.807, 2.05) is 0 Å². The molecule has 0 unspecified atom stereocenters. The van der Waals surface area contributed by atoms with Crippen LogP contribution in [0.15, 0.2) is 23.4 Å². The maximum Gasteiger partial charge on any atom is 0.255 e. The molecule has 3 heterocycles. The monoisotopic (exact) mass is 292 g/mol. The summed E-state index contributed by atoms with van der Waals surface area (Å²) >= 11 is 6.09. The molecule has 0 spiro atoms. The van der Waals surface area contributed by atoms with Crippen molar-refractivity contribution in [2.24, 2.45) is 0 Å². The van der Waals surface area contributed by atoms with Gasteiger partial charge in [0, 0.05) is 13.0 Å². The quantitative estimate of drug-likeness (QED) is 0.906. The van der Waals surface area contributed by atoms with Crippen LogP contribution in [-0.4, -0.2) is 28.6 Å². The molecule has 1 aliphatic heterocycles. The van der Waals surface area contributed by atoms with Gasteiger partial charge in [0.2, 0.25) is 5.88 Å². The first kappa shape index (κ1) is 12.9. The fraction of sp³-hybridized carbons (Fsp3) is 0.308. The maximum atomic E-state index is 11.8. The summed E-state index contributed by atoms with van der Waals surface area (Å²) < 4.78 is 5.04. The molecule has 0 fully saturated rings. The lowest BCUT2D eigenvalue weighted by Crippen LogP contribution is -2.35. The third-order valence-corrected chi connectivity index (χ3v) is 3.63. The van der Waals surface area contributed by atoms with E-state index in [0.29, 0.717) is 23.0 Å². The van der Waals surface area contributed by atoms with Gasteiger partial charge in [-0.05, 0) is 6.07 Å². The fourth-order valence-corrected chi connectivity index (χ4v) is 2.55. The number of nitrogens with zero attached hydrogens (tertiary/aromatic N) is 3. The third-order valence-electron chi connectivity index (χ3n) is 3.36. The molecular formula is C13H13ClN4O2. The minimum Gasteiger partial charge on any atom is -0.480 e. The van der Waals surface area contributed by atoms with Crippen molar-refractivity contribution in [3.63, 3.8) is 0 Å². The molecule has 0 saturated heterocycles. The molecule has 20 heavy (non-hydrogen) atoms. The Bertz CT molecular complexity index is 701. The molecule has 1 N–H and O–H groups in total. The van der Waals surface area contributed by atoms with Crippen molar-refractivity contribution >= 4 is 17.3 Å². The smallest absolute Gasteiger partial charge is 0.255 e. The molecule has 0 atom stereocenters. The number of methoxy groups -OCH3 is 1. The van der Waals surface area contributed by atoms with Crippen molar-refractivity contribution in [2.75, 3.05) is 18.6 Å². The molecule has 0 aromatic carbocycles. The summed E-state index contributed by atoms with van der Waals surface area (Å²) in [5.74, 6) is 0.396. The molecule has 7 heteroatoms. The van der Waals surface area contributed by atoms with Crippen LogP contribution >= 0.6 is 11.6 Å². The molecule has 2 aromatic rings. The van der Waals surface area contributed by atoms with E-state index in [2.05, 4.69) is 19.9 Å². The van der Waals surface area contributed by atoms with E-state index in [1.165, 1.54) is 13.4 Å². The van der Waals surface area contributed by atoms with Gasteiger partial charge in [-0.2, -0.15) is 0 Å². The number of hydrogen-bond donors (Lipinski definition) is 1. The molecule has 0 bridgehead atoms. The van der Waals surface area contributed by atoms with Gasteiger partial charge in [0.1, 0.15) is 5.02 Å². The summed E-state index contributed by atoms with van der Waals surface area (Å²) in [4.78, 5) is 24.8. The minimum atomic E-state index is -0.0905. The van der Waals surface area contributed by atoms with Crippen LogP contribution in [0.25, 0.3) is 0 Å². The second kappa shape index (κ2) is 5.13. The van der Waals surface area contributed by atoms with Gasteiger partial charge in [-0.1, -0.05) is 11.6 Å². The second-order valence-corrected chi connectivity index (χ2v) is 4.92. The molecule has 6 nitrogen and oxygen atoms in total. The van der Waals surface area contributed by atoms with E-state index >= 15 is 0 Å². The highest BCUT2D eigenvalue weighted by Gasteiger charge is 2.21. The van der Waals surface area contributed by atoms with E-state index in [4.69, 9.17) is 16.3 Å². The van der Waals surface area contributed by atoms with Gasteiger partial charge in [-0.15, -0.1) is 0 Å². The first-order valence-electron chi connectivity index (χ1n) is 6.19. The summed E-state index contributed by atoms with van der Waals surface area (Å²) in [6, 6.07) is 1.79. The largest absolute Gasteiger partial charge is 0.480 e. The van der Waals surface area contributed by atoms with Crippen LogP contribution in [0.2, 0.25) is 5.02 Å². The molecule has 3 rings (SSSR count). The van der Waals surface area contributed by atoms with Gasteiger partial charge in [-0.25, -0.2) is 9.97 Å². The van der Waals surface area contributed by atoms with Gasteiger partial charge in [0.05, 0.1) is 43.1 Å². The third kappa shape index (κ3) is 2.22. The van der Waals surface area contributed by atoms with E-state index in [9.17, 15) is 4.79 Å². The highest BCUT2D eigenvalue weighted by atomic mass is 35.5. The van der Waals surface area contributed by atoms with Gasteiger partial charge in [-0.3, -0.25) is 4.79 Å². The van der Waals surface area contributed by atoms with Gasteiger partial charge in [0.25, 0.3) is 5.56 Å². The van der Waals surface area contributed by atoms with Crippen molar-refractivity contribution in [2.45, 2.75) is 13.0 Å². The van der Waals surface area contributed by atoms with Crippen LogP contribution in [0.3, 0.4) is 0 Å². The number of aromatic nitrogens is 3. The Morgan fingerprint density at radius 2 is 2.30 bits per heavy atom. The predicted octanol–water partition coefficient (Wildman–Crippen LogP) is 1.39. The Labute approximate surface area is 120 Å². The number of hydrogen-bond acceptors (Lipinski definition) is 5. The summed E-state index contributed by atoms with van der Waals surface area (Å²) in [5, 5.41) is 0.455. The highest BCUT2D eigenvalue weighted by molar-refractivity contribution is 6.32. The van der Waals surface area contributed by atoms with Crippen molar-refractivity contribution in [1.82, 2.24) is 15.0 Å². The Kier molecular flexibility index (Phi) is 3.31. The second-order valence-electron chi connectivity index (χ2n) is 4.51. The van der Waals surface area contributed by atoms with Crippen LogP contribution in [0.1, 0.15) is 11.3 Å². The average molecular weight is 293 g/mol.